The lowest BCUT2D eigenvalue weighted by Gasteiger charge is -2.10. The van der Waals surface area contributed by atoms with Gasteiger partial charge in [-0.15, -0.1) is 0 Å². The Balaban J connectivity index is 2.57. The third-order valence-corrected chi connectivity index (χ3v) is 4.71. The third-order valence-electron chi connectivity index (χ3n) is 4.58. The van der Waals surface area contributed by atoms with Gasteiger partial charge >= 0.3 is 0 Å². The van der Waals surface area contributed by atoms with E-state index >= 15 is 0 Å². The fourth-order valence-electron chi connectivity index (χ4n) is 2.68. The number of aromatic hydroxyl groups is 1. The molecule has 0 saturated carbocycles. The first-order valence-corrected chi connectivity index (χ1v) is 9.42. The molecule has 1 rings (SSSR count). The van der Waals surface area contributed by atoms with Gasteiger partial charge in [-0.2, -0.15) is 0 Å². The van der Waals surface area contributed by atoms with Crippen LogP contribution in [0.4, 0.5) is 0 Å². The second-order valence-electron chi connectivity index (χ2n) is 6.92. The highest BCUT2D eigenvalue weighted by atomic mass is 32.1. The SMILES string of the molecule is C=C(CCCc1ccc(O)c(C)c1)CC(N)=C(C)C=C(C)C(C)=CC=S. The van der Waals surface area contributed by atoms with Crippen molar-refractivity contribution in [2.45, 2.75) is 53.4 Å². The average molecular weight is 370 g/mol. The Kier molecular flexibility index (Phi) is 9.08. The van der Waals surface area contributed by atoms with E-state index < -0.39 is 0 Å². The van der Waals surface area contributed by atoms with Crippen molar-refractivity contribution in [3.8, 4) is 5.75 Å². The summed E-state index contributed by atoms with van der Waals surface area (Å²) in [5, 5.41) is 11.2. The minimum atomic E-state index is 0.352. The number of benzene rings is 1. The molecule has 0 aliphatic rings. The Labute approximate surface area is 163 Å². The largest absolute Gasteiger partial charge is 0.508 e. The van der Waals surface area contributed by atoms with Gasteiger partial charge in [0.15, 0.2) is 0 Å². The lowest BCUT2D eigenvalue weighted by atomic mass is 9.99. The average Bonchev–Trinajstić information content (AvgIpc) is 2.58. The van der Waals surface area contributed by atoms with E-state index in [1.165, 1.54) is 11.1 Å². The van der Waals surface area contributed by atoms with Gasteiger partial charge in [0.05, 0.1) is 0 Å². The summed E-state index contributed by atoms with van der Waals surface area (Å²) in [6, 6.07) is 5.78. The molecule has 0 bridgehead atoms. The standard InChI is InChI=1S/C23H31NOS/c1-16(7-6-8-21-9-10-23(25)20(5)15-21)13-22(24)19(4)14-18(3)17(2)11-12-26/h9-12,14-15,25H,1,6-8,13,24H2,2-5H3. The molecule has 0 aromatic heterocycles. The van der Waals surface area contributed by atoms with Crippen LogP contribution in [-0.4, -0.2) is 10.5 Å². The Morgan fingerprint density at radius 1 is 1.23 bits per heavy atom. The molecule has 0 saturated heterocycles. The number of aryl methyl sites for hydroxylation is 2. The zero-order chi connectivity index (χ0) is 19.7. The summed E-state index contributed by atoms with van der Waals surface area (Å²) in [6.45, 7) is 12.2. The number of allylic oxidation sites excluding steroid dienone is 6. The topological polar surface area (TPSA) is 46.2 Å². The fourth-order valence-corrected chi connectivity index (χ4v) is 2.88. The molecule has 0 heterocycles. The van der Waals surface area contributed by atoms with Gasteiger partial charge in [0, 0.05) is 17.5 Å². The molecule has 1 aromatic rings. The van der Waals surface area contributed by atoms with Crippen LogP contribution in [0.1, 0.15) is 51.2 Å². The van der Waals surface area contributed by atoms with Crippen LogP contribution >= 0.6 is 12.2 Å². The maximum Gasteiger partial charge on any atom is 0.118 e. The number of hydrogen-bond donors (Lipinski definition) is 2. The summed E-state index contributed by atoms with van der Waals surface area (Å²) in [4.78, 5) is 0. The van der Waals surface area contributed by atoms with Gasteiger partial charge in [0.25, 0.3) is 0 Å². The van der Waals surface area contributed by atoms with E-state index in [-0.39, 0.29) is 0 Å². The Morgan fingerprint density at radius 3 is 2.54 bits per heavy atom. The molecule has 140 valence electrons. The number of rotatable bonds is 9. The Morgan fingerprint density at radius 2 is 1.92 bits per heavy atom. The van der Waals surface area contributed by atoms with Crippen LogP contribution in [0.2, 0.25) is 0 Å². The summed E-state index contributed by atoms with van der Waals surface area (Å²) in [6.07, 6.45) is 7.70. The summed E-state index contributed by atoms with van der Waals surface area (Å²) in [5.41, 5.74) is 13.8. The number of thiocarbonyl (C=S) groups is 1. The van der Waals surface area contributed by atoms with Crippen LogP contribution in [0.5, 0.6) is 5.75 Å². The monoisotopic (exact) mass is 369 g/mol. The van der Waals surface area contributed by atoms with Gasteiger partial charge in [0.2, 0.25) is 0 Å². The zero-order valence-electron chi connectivity index (χ0n) is 16.4. The molecule has 0 spiro atoms. The van der Waals surface area contributed by atoms with Gasteiger partial charge < -0.3 is 10.8 Å². The van der Waals surface area contributed by atoms with E-state index in [9.17, 15) is 5.11 Å². The Hall–Kier alpha value is -2.13. The van der Waals surface area contributed by atoms with Crippen LogP contribution < -0.4 is 5.73 Å². The van der Waals surface area contributed by atoms with Crippen LogP contribution in [0.3, 0.4) is 0 Å². The van der Waals surface area contributed by atoms with Crippen LogP contribution in [-0.2, 0) is 6.42 Å². The van der Waals surface area contributed by atoms with Crippen LogP contribution in [0.15, 0.2) is 64.9 Å². The molecular weight excluding hydrogens is 338 g/mol. The van der Waals surface area contributed by atoms with E-state index in [1.54, 1.807) is 11.4 Å². The molecule has 26 heavy (non-hydrogen) atoms. The number of phenols is 1. The van der Waals surface area contributed by atoms with Crippen molar-refractivity contribution in [3.63, 3.8) is 0 Å². The third kappa shape index (κ3) is 7.40. The van der Waals surface area contributed by atoms with E-state index in [4.69, 9.17) is 18.0 Å². The van der Waals surface area contributed by atoms with E-state index in [1.807, 2.05) is 39.0 Å². The molecule has 0 atom stereocenters. The second-order valence-corrected chi connectivity index (χ2v) is 7.19. The first-order chi connectivity index (χ1) is 12.2. The van der Waals surface area contributed by atoms with Gasteiger partial charge in [-0.05, 0) is 86.9 Å². The number of phenolic OH excluding ortho intramolecular Hbond substituents is 1. The molecular formula is C23H31NOS. The van der Waals surface area contributed by atoms with Crippen LogP contribution in [0, 0.1) is 6.92 Å². The molecule has 1 aromatic carbocycles. The van der Waals surface area contributed by atoms with Crippen molar-refractivity contribution in [1.82, 2.24) is 0 Å². The number of hydrogen-bond acceptors (Lipinski definition) is 3. The van der Waals surface area contributed by atoms with E-state index in [2.05, 4.69) is 19.6 Å². The highest BCUT2D eigenvalue weighted by Crippen LogP contribution is 2.21. The smallest absolute Gasteiger partial charge is 0.118 e. The van der Waals surface area contributed by atoms with Gasteiger partial charge in [-0.1, -0.05) is 42.6 Å². The molecule has 0 aliphatic heterocycles. The molecule has 0 unspecified atom stereocenters. The molecule has 0 fully saturated rings. The fraction of sp³-hybridized carbons (Fsp3) is 0.348. The highest BCUT2D eigenvalue weighted by molar-refractivity contribution is 7.79. The van der Waals surface area contributed by atoms with Gasteiger partial charge in [0.1, 0.15) is 5.75 Å². The maximum atomic E-state index is 9.59. The van der Waals surface area contributed by atoms with Gasteiger partial charge in [-0.25, -0.2) is 0 Å². The minimum Gasteiger partial charge on any atom is -0.508 e. The van der Waals surface area contributed by atoms with Crippen LogP contribution in [0.25, 0.3) is 0 Å². The van der Waals surface area contributed by atoms with Crippen molar-refractivity contribution >= 4 is 17.6 Å². The summed E-state index contributed by atoms with van der Waals surface area (Å²) >= 11 is 4.87. The van der Waals surface area contributed by atoms with Crippen molar-refractivity contribution in [2.75, 3.05) is 0 Å². The lowest BCUT2D eigenvalue weighted by molar-refractivity contribution is 0.471. The lowest BCUT2D eigenvalue weighted by Crippen LogP contribution is -2.02. The van der Waals surface area contributed by atoms with Crippen molar-refractivity contribution < 1.29 is 5.11 Å². The van der Waals surface area contributed by atoms with Crippen molar-refractivity contribution in [2.24, 2.45) is 5.73 Å². The summed E-state index contributed by atoms with van der Waals surface area (Å²) in [7, 11) is 0. The zero-order valence-corrected chi connectivity index (χ0v) is 17.2. The molecule has 2 nitrogen and oxygen atoms in total. The first-order valence-electron chi connectivity index (χ1n) is 8.95. The minimum absolute atomic E-state index is 0.352. The van der Waals surface area contributed by atoms with Gasteiger partial charge in [-0.3, -0.25) is 0 Å². The predicted molar refractivity (Wildman–Crippen MR) is 118 cm³/mol. The molecule has 0 radical (unpaired) electrons. The highest BCUT2D eigenvalue weighted by Gasteiger charge is 2.03. The molecule has 3 N–H and O–H groups in total. The van der Waals surface area contributed by atoms with E-state index in [0.29, 0.717) is 5.75 Å². The van der Waals surface area contributed by atoms with Crippen molar-refractivity contribution in [1.29, 1.82) is 0 Å². The summed E-state index contributed by atoms with van der Waals surface area (Å²) < 4.78 is 0. The quantitative estimate of drug-likeness (QED) is 0.239. The summed E-state index contributed by atoms with van der Waals surface area (Å²) in [5.74, 6) is 0.352. The molecule has 3 heteroatoms. The first kappa shape index (κ1) is 21.9. The number of nitrogens with two attached hydrogens (primary N) is 1. The predicted octanol–water partition coefficient (Wildman–Crippen LogP) is 6.09. The normalized spacial score (nSPS) is 13.4. The second kappa shape index (κ2) is 10.8. The molecule has 0 amide bonds. The maximum absolute atomic E-state index is 9.59. The Bertz CT molecular complexity index is 753. The molecule has 0 aliphatic carbocycles. The van der Waals surface area contributed by atoms with E-state index in [0.717, 1.165) is 53.7 Å². The van der Waals surface area contributed by atoms with Crippen molar-refractivity contribution in [3.05, 3.63) is 76.0 Å².